The molecule has 1 aromatic heterocycles. The fourth-order valence-electron chi connectivity index (χ4n) is 3.85. The predicted molar refractivity (Wildman–Crippen MR) is 143 cm³/mol. The van der Waals surface area contributed by atoms with Crippen LogP contribution in [0.3, 0.4) is 0 Å². The number of halogens is 1. The number of thiazole rings is 1. The van der Waals surface area contributed by atoms with E-state index in [1.807, 2.05) is 24.3 Å². The van der Waals surface area contributed by atoms with E-state index < -0.39 is 0 Å². The first kappa shape index (κ1) is 21.9. The number of rotatable bonds is 6. The molecule has 5 rings (SSSR count). The quantitative estimate of drug-likeness (QED) is 0.241. The molecule has 7 heteroatoms. The lowest BCUT2D eigenvalue weighted by Gasteiger charge is -2.21. The molecule has 1 unspecified atom stereocenters. The monoisotopic (exact) mass is 567 g/mol. The Labute approximate surface area is 210 Å². The lowest BCUT2D eigenvalue weighted by molar-refractivity contribution is 0.414. The summed E-state index contributed by atoms with van der Waals surface area (Å²) < 4.78 is 11.9. The van der Waals surface area contributed by atoms with Crippen LogP contribution in [-0.4, -0.2) is 24.9 Å². The van der Waals surface area contributed by atoms with Crippen LogP contribution in [0, 0.1) is 3.57 Å². The summed E-state index contributed by atoms with van der Waals surface area (Å²) in [7, 11) is 3.36. The third kappa shape index (κ3) is 4.60. The van der Waals surface area contributed by atoms with Gasteiger partial charge in [0.25, 0.3) is 0 Å². The van der Waals surface area contributed by atoms with Gasteiger partial charge in [-0.1, -0.05) is 24.3 Å². The van der Waals surface area contributed by atoms with Gasteiger partial charge in [0.05, 0.1) is 31.7 Å². The Hall–Kier alpha value is -2.91. The average molecular weight is 567 g/mol. The maximum absolute atomic E-state index is 5.35. The van der Waals surface area contributed by atoms with Gasteiger partial charge in [-0.05, 0) is 82.2 Å². The van der Waals surface area contributed by atoms with Crippen molar-refractivity contribution in [2.24, 2.45) is 5.10 Å². The molecule has 5 nitrogen and oxygen atoms in total. The Morgan fingerprint density at radius 2 is 1.45 bits per heavy atom. The zero-order valence-electron chi connectivity index (χ0n) is 18.2. The van der Waals surface area contributed by atoms with E-state index in [9.17, 15) is 0 Å². The van der Waals surface area contributed by atoms with Crippen LogP contribution in [0.1, 0.15) is 23.6 Å². The standard InChI is InChI=1S/C26H22IN3O2S/c1-31-21-11-5-17(6-12-21)23-15-25(19-7-13-22(32-2)14-8-19)30(29-23)26-28-24(16-33-26)18-3-9-20(27)10-4-18/h3-14,16,25H,15H2,1-2H3. The number of benzene rings is 3. The van der Waals surface area contributed by atoms with E-state index in [2.05, 4.69) is 81.5 Å². The summed E-state index contributed by atoms with van der Waals surface area (Å²) in [6.45, 7) is 0. The summed E-state index contributed by atoms with van der Waals surface area (Å²) in [6.07, 6.45) is 0.789. The van der Waals surface area contributed by atoms with Gasteiger partial charge in [-0.15, -0.1) is 11.3 Å². The van der Waals surface area contributed by atoms with Crippen molar-refractivity contribution < 1.29 is 9.47 Å². The highest BCUT2D eigenvalue weighted by Gasteiger charge is 2.31. The second kappa shape index (κ2) is 9.52. The minimum atomic E-state index is 0.0590. The van der Waals surface area contributed by atoms with Crippen molar-refractivity contribution in [3.8, 4) is 22.8 Å². The van der Waals surface area contributed by atoms with Gasteiger partial charge in [-0.3, -0.25) is 0 Å². The Kier molecular flexibility index (Phi) is 6.32. The Bertz CT molecular complexity index is 1270. The Balaban J connectivity index is 1.51. The van der Waals surface area contributed by atoms with E-state index in [1.54, 1.807) is 25.6 Å². The molecular weight excluding hydrogens is 545 g/mol. The number of anilines is 1. The Morgan fingerprint density at radius 1 is 0.848 bits per heavy atom. The molecular formula is C26H22IN3O2S. The summed E-state index contributed by atoms with van der Waals surface area (Å²) in [5.74, 6) is 1.68. The SMILES string of the molecule is COc1ccc(C2=NN(c3nc(-c4ccc(I)cc4)cs3)C(c3ccc(OC)cc3)C2)cc1. The molecule has 0 radical (unpaired) electrons. The van der Waals surface area contributed by atoms with Crippen LogP contribution in [0.4, 0.5) is 5.13 Å². The smallest absolute Gasteiger partial charge is 0.207 e. The molecule has 2 heterocycles. The third-order valence-corrected chi connectivity index (χ3v) is 7.21. The summed E-state index contributed by atoms with van der Waals surface area (Å²) >= 11 is 3.93. The molecule has 1 atom stereocenters. The molecule has 0 saturated carbocycles. The molecule has 0 aliphatic carbocycles. The molecule has 4 aromatic rings. The topological polar surface area (TPSA) is 47.0 Å². The second-order valence-electron chi connectivity index (χ2n) is 7.64. The predicted octanol–water partition coefficient (Wildman–Crippen LogP) is 6.79. The molecule has 1 aliphatic rings. The van der Waals surface area contributed by atoms with Crippen LogP contribution in [-0.2, 0) is 0 Å². The Morgan fingerprint density at radius 3 is 2.09 bits per heavy atom. The first-order chi connectivity index (χ1) is 16.1. The number of nitrogens with zero attached hydrogens (tertiary/aromatic N) is 3. The van der Waals surface area contributed by atoms with Crippen molar-refractivity contribution in [3.63, 3.8) is 0 Å². The highest BCUT2D eigenvalue weighted by molar-refractivity contribution is 14.1. The molecule has 0 spiro atoms. The summed E-state index contributed by atoms with van der Waals surface area (Å²) in [5.41, 5.74) is 5.37. The normalized spacial score (nSPS) is 15.4. The van der Waals surface area contributed by atoms with Crippen molar-refractivity contribution in [2.75, 3.05) is 19.2 Å². The van der Waals surface area contributed by atoms with Crippen molar-refractivity contribution in [2.45, 2.75) is 12.5 Å². The molecule has 0 amide bonds. The largest absolute Gasteiger partial charge is 0.497 e. The van der Waals surface area contributed by atoms with E-state index in [0.29, 0.717) is 0 Å². The zero-order chi connectivity index (χ0) is 22.8. The van der Waals surface area contributed by atoms with E-state index >= 15 is 0 Å². The van der Waals surface area contributed by atoms with Crippen molar-refractivity contribution in [1.82, 2.24) is 4.98 Å². The van der Waals surface area contributed by atoms with Gasteiger partial charge in [0, 0.05) is 20.9 Å². The van der Waals surface area contributed by atoms with Crippen LogP contribution >= 0.6 is 33.9 Å². The van der Waals surface area contributed by atoms with Crippen LogP contribution < -0.4 is 14.5 Å². The van der Waals surface area contributed by atoms with Crippen LogP contribution in [0.2, 0.25) is 0 Å². The van der Waals surface area contributed by atoms with Gasteiger partial charge in [-0.2, -0.15) is 5.10 Å². The zero-order valence-corrected chi connectivity index (χ0v) is 21.2. The lowest BCUT2D eigenvalue weighted by Crippen LogP contribution is -2.18. The van der Waals surface area contributed by atoms with Crippen LogP contribution in [0.25, 0.3) is 11.3 Å². The highest BCUT2D eigenvalue weighted by atomic mass is 127. The van der Waals surface area contributed by atoms with Gasteiger partial charge < -0.3 is 9.47 Å². The van der Waals surface area contributed by atoms with E-state index in [4.69, 9.17) is 19.6 Å². The summed E-state index contributed by atoms with van der Waals surface area (Å²) in [4.78, 5) is 4.95. The number of hydrogen-bond donors (Lipinski definition) is 0. The van der Waals surface area contributed by atoms with E-state index in [1.165, 1.54) is 9.13 Å². The van der Waals surface area contributed by atoms with Crippen molar-refractivity contribution >= 4 is 44.8 Å². The van der Waals surface area contributed by atoms with Gasteiger partial charge in [-0.25, -0.2) is 9.99 Å². The van der Waals surface area contributed by atoms with Gasteiger partial charge in [0.2, 0.25) is 5.13 Å². The van der Waals surface area contributed by atoms with Gasteiger partial charge in [0.1, 0.15) is 11.5 Å². The fourth-order valence-corrected chi connectivity index (χ4v) is 5.05. The highest BCUT2D eigenvalue weighted by Crippen LogP contribution is 2.40. The maximum atomic E-state index is 5.35. The molecule has 0 N–H and O–H groups in total. The maximum Gasteiger partial charge on any atom is 0.207 e. The minimum absolute atomic E-state index is 0.0590. The number of aromatic nitrogens is 1. The molecule has 0 fully saturated rings. The molecule has 0 saturated heterocycles. The third-order valence-electron chi connectivity index (χ3n) is 5.66. The van der Waals surface area contributed by atoms with E-state index in [-0.39, 0.29) is 6.04 Å². The number of hydrogen-bond acceptors (Lipinski definition) is 6. The molecule has 33 heavy (non-hydrogen) atoms. The van der Waals surface area contributed by atoms with Gasteiger partial charge in [0.15, 0.2) is 0 Å². The first-order valence-electron chi connectivity index (χ1n) is 10.5. The molecule has 0 bridgehead atoms. The van der Waals surface area contributed by atoms with Crippen molar-refractivity contribution in [1.29, 1.82) is 0 Å². The van der Waals surface area contributed by atoms with E-state index in [0.717, 1.165) is 45.6 Å². The van der Waals surface area contributed by atoms with Crippen molar-refractivity contribution in [3.05, 3.63) is 92.9 Å². The second-order valence-corrected chi connectivity index (χ2v) is 9.72. The molecule has 3 aromatic carbocycles. The molecule has 1 aliphatic heterocycles. The first-order valence-corrected chi connectivity index (χ1v) is 12.5. The summed E-state index contributed by atoms with van der Waals surface area (Å²) in [5, 5.41) is 10.1. The van der Waals surface area contributed by atoms with Crippen LogP contribution in [0.5, 0.6) is 11.5 Å². The lowest BCUT2D eigenvalue weighted by atomic mass is 9.98. The number of methoxy groups -OCH3 is 2. The molecule has 166 valence electrons. The average Bonchev–Trinajstić information content (AvgIpc) is 3.52. The fraction of sp³-hybridized carbons (Fsp3) is 0.154. The van der Waals surface area contributed by atoms with Gasteiger partial charge >= 0.3 is 0 Å². The van der Waals surface area contributed by atoms with Crippen LogP contribution in [0.15, 0.2) is 83.3 Å². The number of hydrazone groups is 1. The minimum Gasteiger partial charge on any atom is -0.497 e. The summed E-state index contributed by atoms with van der Waals surface area (Å²) in [6, 6.07) is 24.8. The number of ether oxygens (including phenoxy) is 2.